The van der Waals surface area contributed by atoms with Crippen LogP contribution in [-0.4, -0.2) is 19.6 Å². The van der Waals surface area contributed by atoms with Gasteiger partial charge in [-0.15, -0.1) is 11.3 Å². The zero-order valence-electron chi connectivity index (χ0n) is 14.9. The van der Waals surface area contributed by atoms with E-state index in [2.05, 4.69) is 5.32 Å². The molecule has 1 unspecified atom stereocenters. The van der Waals surface area contributed by atoms with E-state index in [1.54, 1.807) is 54.8 Å². The molecule has 0 saturated carbocycles. The molecule has 1 amide bonds. The smallest absolute Gasteiger partial charge is 0.224 e. The average molecular weight is 385 g/mol. The van der Waals surface area contributed by atoms with Crippen LogP contribution < -0.4 is 14.8 Å². The van der Waals surface area contributed by atoms with Crippen LogP contribution in [0.5, 0.6) is 11.5 Å². The van der Waals surface area contributed by atoms with Gasteiger partial charge < -0.3 is 14.8 Å². The summed E-state index contributed by atoms with van der Waals surface area (Å²) in [4.78, 5) is 13.4. The molecule has 0 spiro atoms. The molecule has 2 aromatic carbocycles. The predicted molar refractivity (Wildman–Crippen MR) is 104 cm³/mol. The van der Waals surface area contributed by atoms with Gasteiger partial charge in [-0.3, -0.25) is 4.79 Å². The monoisotopic (exact) mass is 385 g/mol. The van der Waals surface area contributed by atoms with Crippen LogP contribution in [0, 0.1) is 5.82 Å². The van der Waals surface area contributed by atoms with Gasteiger partial charge in [0.05, 0.1) is 26.2 Å². The number of carbonyl (C=O) groups is 1. The third-order valence-electron chi connectivity index (χ3n) is 3.99. The van der Waals surface area contributed by atoms with E-state index in [1.807, 2.05) is 17.5 Å². The van der Waals surface area contributed by atoms with Crippen LogP contribution >= 0.6 is 11.3 Å². The maximum absolute atomic E-state index is 13.2. The van der Waals surface area contributed by atoms with E-state index in [0.717, 1.165) is 16.2 Å². The number of carbonyl (C=O) groups excluding carboxylic acids is 1. The summed E-state index contributed by atoms with van der Waals surface area (Å²) in [6.45, 7) is 0.263. The van der Waals surface area contributed by atoms with Gasteiger partial charge in [-0.05, 0) is 53.4 Å². The van der Waals surface area contributed by atoms with E-state index in [1.165, 1.54) is 12.1 Å². The van der Waals surface area contributed by atoms with Gasteiger partial charge in [-0.25, -0.2) is 4.39 Å². The summed E-state index contributed by atoms with van der Waals surface area (Å²) in [6, 6.07) is 16.9. The van der Waals surface area contributed by atoms with Crippen molar-refractivity contribution in [2.45, 2.75) is 12.5 Å². The van der Waals surface area contributed by atoms with Crippen LogP contribution in [0.2, 0.25) is 0 Å². The van der Waals surface area contributed by atoms with Crippen LogP contribution in [0.25, 0.3) is 0 Å². The molecule has 0 aliphatic carbocycles. The maximum atomic E-state index is 13.2. The Labute approximate surface area is 161 Å². The number of thiophene rings is 1. The summed E-state index contributed by atoms with van der Waals surface area (Å²) >= 11 is 1.54. The summed E-state index contributed by atoms with van der Waals surface area (Å²) < 4.78 is 23.9. The quantitative estimate of drug-likeness (QED) is 0.618. The molecule has 0 fully saturated rings. The molecular formula is C21H20FNO3S. The number of ether oxygens (including phenoxy) is 2. The average Bonchev–Trinajstić information content (AvgIpc) is 3.22. The summed E-state index contributed by atoms with van der Waals surface area (Å²) in [5.41, 5.74) is 0.836. The van der Waals surface area contributed by atoms with E-state index in [-0.39, 0.29) is 30.8 Å². The molecule has 0 aliphatic heterocycles. The first kappa shape index (κ1) is 18.9. The highest BCUT2D eigenvalue weighted by Gasteiger charge is 2.18. The van der Waals surface area contributed by atoms with Crippen LogP contribution in [0.3, 0.4) is 0 Å². The molecule has 3 aromatic rings. The lowest BCUT2D eigenvalue weighted by Gasteiger charge is -2.18. The topological polar surface area (TPSA) is 47.6 Å². The fourth-order valence-electron chi connectivity index (χ4n) is 2.60. The molecule has 1 aromatic heterocycles. The summed E-state index contributed by atoms with van der Waals surface area (Å²) in [6.07, 6.45) is 0.217. The molecule has 0 aliphatic rings. The molecule has 1 N–H and O–H groups in total. The van der Waals surface area contributed by atoms with Gasteiger partial charge in [0.1, 0.15) is 17.3 Å². The molecule has 27 heavy (non-hydrogen) atoms. The summed E-state index contributed by atoms with van der Waals surface area (Å²) in [5, 5.41) is 4.96. The van der Waals surface area contributed by atoms with Crippen molar-refractivity contribution in [1.82, 2.24) is 5.32 Å². The van der Waals surface area contributed by atoms with E-state index in [0.29, 0.717) is 5.75 Å². The van der Waals surface area contributed by atoms with Gasteiger partial charge in [-0.1, -0.05) is 18.2 Å². The van der Waals surface area contributed by atoms with Crippen molar-refractivity contribution in [2.75, 3.05) is 13.7 Å². The number of benzene rings is 2. The number of halogens is 1. The Kier molecular flexibility index (Phi) is 6.44. The van der Waals surface area contributed by atoms with Crippen LogP contribution in [-0.2, 0) is 4.79 Å². The summed E-state index contributed by atoms with van der Waals surface area (Å²) in [7, 11) is 1.60. The third kappa shape index (κ3) is 5.31. The van der Waals surface area contributed by atoms with Crippen LogP contribution in [0.15, 0.2) is 66.0 Å². The molecule has 0 bridgehead atoms. The highest BCUT2D eigenvalue weighted by molar-refractivity contribution is 7.10. The van der Waals surface area contributed by atoms with E-state index in [4.69, 9.17) is 9.47 Å². The highest BCUT2D eigenvalue weighted by atomic mass is 32.1. The molecule has 140 valence electrons. The SMILES string of the molecule is COc1ccc(OCCC(=O)NC(c2ccc(F)cc2)c2cccs2)cc1. The second kappa shape index (κ2) is 9.19. The summed E-state index contributed by atoms with van der Waals surface area (Å²) in [5.74, 6) is 0.990. The van der Waals surface area contributed by atoms with Crippen molar-refractivity contribution >= 4 is 17.2 Å². The van der Waals surface area contributed by atoms with Crippen molar-refractivity contribution in [1.29, 1.82) is 0 Å². The fourth-order valence-corrected chi connectivity index (χ4v) is 3.40. The first-order valence-corrected chi connectivity index (χ1v) is 9.39. The molecule has 1 atom stereocenters. The zero-order valence-corrected chi connectivity index (χ0v) is 15.7. The molecule has 0 radical (unpaired) electrons. The molecular weight excluding hydrogens is 365 g/mol. The van der Waals surface area contributed by atoms with E-state index in [9.17, 15) is 9.18 Å². The Balaban J connectivity index is 1.58. The Morgan fingerprint density at radius 3 is 2.41 bits per heavy atom. The molecule has 4 nitrogen and oxygen atoms in total. The number of nitrogens with one attached hydrogen (secondary N) is 1. The molecule has 1 heterocycles. The number of hydrogen-bond acceptors (Lipinski definition) is 4. The van der Waals surface area contributed by atoms with Crippen molar-refractivity contribution in [3.8, 4) is 11.5 Å². The minimum Gasteiger partial charge on any atom is -0.497 e. The first-order valence-electron chi connectivity index (χ1n) is 8.51. The zero-order chi connectivity index (χ0) is 19.1. The van der Waals surface area contributed by atoms with Crippen LogP contribution in [0.4, 0.5) is 4.39 Å². The number of amides is 1. The van der Waals surface area contributed by atoms with Crippen molar-refractivity contribution in [3.05, 3.63) is 82.3 Å². The van der Waals surface area contributed by atoms with Crippen molar-refractivity contribution < 1.29 is 18.7 Å². The second-order valence-corrected chi connectivity index (χ2v) is 6.82. The van der Waals surface area contributed by atoms with Crippen molar-refractivity contribution in [2.24, 2.45) is 0 Å². The van der Waals surface area contributed by atoms with Gasteiger partial charge in [0.15, 0.2) is 0 Å². The second-order valence-electron chi connectivity index (χ2n) is 5.84. The van der Waals surface area contributed by atoms with Gasteiger partial charge in [-0.2, -0.15) is 0 Å². The predicted octanol–water partition coefficient (Wildman–Crippen LogP) is 4.57. The lowest BCUT2D eigenvalue weighted by atomic mass is 10.1. The Morgan fingerprint density at radius 2 is 1.78 bits per heavy atom. The Morgan fingerprint density at radius 1 is 1.07 bits per heavy atom. The molecule has 0 saturated heterocycles. The normalized spacial score (nSPS) is 11.6. The fraction of sp³-hybridized carbons (Fsp3) is 0.190. The van der Waals surface area contributed by atoms with E-state index >= 15 is 0 Å². The largest absolute Gasteiger partial charge is 0.497 e. The van der Waals surface area contributed by atoms with Crippen LogP contribution in [0.1, 0.15) is 22.9 Å². The maximum Gasteiger partial charge on any atom is 0.224 e. The minimum absolute atomic E-state index is 0.133. The van der Waals surface area contributed by atoms with E-state index < -0.39 is 0 Å². The third-order valence-corrected chi connectivity index (χ3v) is 4.93. The van der Waals surface area contributed by atoms with Gasteiger partial charge in [0.25, 0.3) is 0 Å². The Hall–Kier alpha value is -2.86. The lowest BCUT2D eigenvalue weighted by Crippen LogP contribution is -2.29. The Bertz CT molecular complexity index is 848. The number of rotatable bonds is 8. The van der Waals surface area contributed by atoms with Gasteiger partial charge in [0.2, 0.25) is 5.91 Å². The highest BCUT2D eigenvalue weighted by Crippen LogP contribution is 2.26. The van der Waals surface area contributed by atoms with Gasteiger partial charge in [0, 0.05) is 4.88 Å². The molecule has 3 rings (SSSR count). The van der Waals surface area contributed by atoms with Gasteiger partial charge >= 0.3 is 0 Å². The minimum atomic E-state index is -0.306. The lowest BCUT2D eigenvalue weighted by molar-refractivity contribution is -0.122. The number of hydrogen-bond donors (Lipinski definition) is 1. The first-order chi connectivity index (χ1) is 13.2. The number of methoxy groups -OCH3 is 1. The standard InChI is InChI=1S/C21H20FNO3S/c1-25-17-8-10-18(11-9-17)26-13-12-20(24)23-21(19-3-2-14-27-19)15-4-6-16(22)7-5-15/h2-11,14,21H,12-13H2,1H3,(H,23,24). The molecule has 6 heteroatoms. The van der Waals surface area contributed by atoms with Crippen molar-refractivity contribution in [3.63, 3.8) is 0 Å².